The Labute approximate surface area is 155 Å². The number of halogens is 1. The van der Waals surface area contributed by atoms with Gasteiger partial charge in [-0.05, 0) is 55.0 Å². The lowest BCUT2D eigenvalue weighted by Gasteiger charge is -2.06. The van der Waals surface area contributed by atoms with E-state index < -0.39 is 6.04 Å². The van der Waals surface area contributed by atoms with Crippen molar-refractivity contribution in [1.29, 1.82) is 5.26 Å². The lowest BCUT2D eigenvalue weighted by Crippen LogP contribution is -2.24. The SMILES string of the molecule is C[C@@H](NC(=O)/C=C/c1ccc(C#N)cc1)c1nc(-c2ccc(F)cc2)no1. The van der Waals surface area contributed by atoms with E-state index in [4.69, 9.17) is 9.78 Å². The Morgan fingerprint density at radius 3 is 2.59 bits per heavy atom. The van der Waals surface area contributed by atoms with Gasteiger partial charge >= 0.3 is 0 Å². The number of rotatable bonds is 5. The number of carbonyl (C=O) groups excluding carboxylic acids is 1. The summed E-state index contributed by atoms with van der Waals surface area (Å²) in [7, 11) is 0. The molecule has 0 saturated heterocycles. The van der Waals surface area contributed by atoms with Crippen molar-refractivity contribution in [3.8, 4) is 17.5 Å². The highest BCUT2D eigenvalue weighted by atomic mass is 19.1. The van der Waals surface area contributed by atoms with Crippen molar-refractivity contribution in [2.75, 3.05) is 0 Å². The lowest BCUT2D eigenvalue weighted by atomic mass is 10.1. The Hall–Kier alpha value is -3.79. The van der Waals surface area contributed by atoms with Gasteiger partial charge in [-0.25, -0.2) is 4.39 Å². The standard InChI is InChI=1S/C20H15FN4O2/c1-13(20-24-19(25-27-20)16-7-9-17(21)10-8-16)23-18(26)11-6-14-2-4-15(12-22)5-3-14/h2-11,13H,1H3,(H,23,26)/b11-6+/t13-/m1/s1. The quantitative estimate of drug-likeness (QED) is 0.700. The van der Waals surface area contributed by atoms with E-state index >= 15 is 0 Å². The maximum atomic E-state index is 13.0. The number of aromatic nitrogens is 2. The first kappa shape index (κ1) is 18.0. The average molecular weight is 362 g/mol. The molecule has 1 heterocycles. The van der Waals surface area contributed by atoms with E-state index in [2.05, 4.69) is 15.5 Å². The number of amides is 1. The second-order valence-electron chi connectivity index (χ2n) is 5.76. The van der Waals surface area contributed by atoms with Crippen LogP contribution in [-0.2, 0) is 4.79 Å². The molecule has 3 aromatic rings. The fourth-order valence-electron chi connectivity index (χ4n) is 2.29. The minimum atomic E-state index is -0.496. The fraction of sp³-hybridized carbons (Fsp3) is 0.100. The predicted molar refractivity (Wildman–Crippen MR) is 96.4 cm³/mol. The van der Waals surface area contributed by atoms with Crippen molar-refractivity contribution in [1.82, 2.24) is 15.5 Å². The molecule has 1 N–H and O–H groups in total. The molecule has 0 radical (unpaired) electrons. The third kappa shape index (κ3) is 4.64. The Morgan fingerprint density at radius 2 is 1.93 bits per heavy atom. The van der Waals surface area contributed by atoms with E-state index in [9.17, 15) is 9.18 Å². The normalized spacial score (nSPS) is 11.9. The van der Waals surface area contributed by atoms with E-state index in [0.29, 0.717) is 17.0 Å². The van der Waals surface area contributed by atoms with Crippen molar-refractivity contribution in [3.05, 3.63) is 77.4 Å². The van der Waals surface area contributed by atoms with Gasteiger partial charge < -0.3 is 9.84 Å². The average Bonchev–Trinajstić information content (AvgIpc) is 3.18. The second-order valence-corrected chi connectivity index (χ2v) is 5.76. The number of carbonyl (C=O) groups is 1. The molecule has 6 nitrogen and oxygen atoms in total. The van der Waals surface area contributed by atoms with Gasteiger partial charge in [0.15, 0.2) is 0 Å². The Kier molecular flexibility index (Phi) is 5.38. The Balaban J connectivity index is 1.62. The molecule has 2 aromatic carbocycles. The van der Waals surface area contributed by atoms with Gasteiger partial charge in [0.1, 0.15) is 11.9 Å². The van der Waals surface area contributed by atoms with Gasteiger partial charge in [0.25, 0.3) is 0 Å². The molecule has 7 heteroatoms. The van der Waals surface area contributed by atoms with E-state index in [1.807, 2.05) is 6.07 Å². The molecule has 0 aliphatic rings. The largest absolute Gasteiger partial charge is 0.341 e. The molecule has 27 heavy (non-hydrogen) atoms. The van der Waals surface area contributed by atoms with E-state index in [1.54, 1.807) is 49.4 Å². The van der Waals surface area contributed by atoms with Crippen LogP contribution in [0, 0.1) is 17.1 Å². The third-order valence-corrected chi connectivity index (χ3v) is 3.74. The summed E-state index contributed by atoms with van der Waals surface area (Å²) >= 11 is 0. The van der Waals surface area contributed by atoms with Gasteiger partial charge in [0, 0.05) is 11.6 Å². The minimum absolute atomic E-state index is 0.245. The molecule has 3 rings (SSSR count). The monoisotopic (exact) mass is 362 g/mol. The van der Waals surface area contributed by atoms with Crippen LogP contribution in [-0.4, -0.2) is 16.0 Å². The summed E-state index contributed by atoms with van der Waals surface area (Å²) in [5.74, 6) is -0.112. The van der Waals surface area contributed by atoms with Gasteiger partial charge in [0.05, 0.1) is 11.6 Å². The van der Waals surface area contributed by atoms with E-state index in [1.165, 1.54) is 18.2 Å². The summed E-state index contributed by atoms with van der Waals surface area (Å²) in [6.07, 6.45) is 3.02. The van der Waals surface area contributed by atoms with Gasteiger partial charge in [-0.1, -0.05) is 17.3 Å². The molecule has 0 fully saturated rings. The summed E-state index contributed by atoms with van der Waals surface area (Å²) in [4.78, 5) is 16.3. The van der Waals surface area contributed by atoms with Crippen LogP contribution in [0.5, 0.6) is 0 Å². The second kappa shape index (κ2) is 8.06. The zero-order valence-corrected chi connectivity index (χ0v) is 14.4. The topological polar surface area (TPSA) is 91.8 Å². The first-order valence-corrected chi connectivity index (χ1v) is 8.13. The van der Waals surface area contributed by atoms with Crippen LogP contribution in [0.15, 0.2) is 59.1 Å². The zero-order chi connectivity index (χ0) is 19.2. The van der Waals surface area contributed by atoms with E-state index in [-0.39, 0.29) is 17.6 Å². The van der Waals surface area contributed by atoms with Crippen LogP contribution in [0.2, 0.25) is 0 Å². The molecule has 1 aromatic heterocycles. The van der Waals surface area contributed by atoms with Crippen molar-refractivity contribution in [2.24, 2.45) is 0 Å². The smallest absolute Gasteiger partial charge is 0.249 e. The van der Waals surface area contributed by atoms with Crippen LogP contribution in [0.4, 0.5) is 4.39 Å². The summed E-state index contributed by atoms with van der Waals surface area (Å²) < 4.78 is 18.2. The molecular formula is C20H15FN4O2. The van der Waals surface area contributed by atoms with Crippen LogP contribution in [0.1, 0.15) is 30.0 Å². The Bertz CT molecular complexity index is 1000. The highest BCUT2D eigenvalue weighted by Gasteiger charge is 2.16. The maximum Gasteiger partial charge on any atom is 0.249 e. The molecule has 0 aliphatic carbocycles. The van der Waals surface area contributed by atoms with Crippen molar-refractivity contribution < 1.29 is 13.7 Å². The minimum Gasteiger partial charge on any atom is -0.341 e. The van der Waals surface area contributed by atoms with Crippen molar-refractivity contribution in [2.45, 2.75) is 13.0 Å². The van der Waals surface area contributed by atoms with Crippen molar-refractivity contribution in [3.63, 3.8) is 0 Å². The molecule has 0 bridgehead atoms. The molecule has 1 amide bonds. The highest BCUT2D eigenvalue weighted by Crippen LogP contribution is 2.19. The number of nitrogens with zero attached hydrogens (tertiary/aromatic N) is 3. The number of benzene rings is 2. The Morgan fingerprint density at radius 1 is 1.22 bits per heavy atom. The summed E-state index contributed by atoms with van der Waals surface area (Å²) in [6, 6.07) is 14.1. The summed E-state index contributed by atoms with van der Waals surface area (Å²) in [5, 5.41) is 15.4. The van der Waals surface area contributed by atoms with Crippen LogP contribution >= 0.6 is 0 Å². The molecule has 134 valence electrons. The van der Waals surface area contributed by atoms with Crippen LogP contribution in [0.3, 0.4) is 0 Å². The van der Waals surface area contributed by atoms with Crippen LogP contribution < -0.4 is 5.32 Å². The predicted octanol–water partition coefficient (Wildman–Crippen LogP) is 3.64. The molecule has 0 saturated carbocycles. The summed E-state index contributed by atoms with van der Waals surface area (Å²) in [5.41, 5.74) is 1.97. The molecule has 0 unspecified atom stereocenters. The van der Waals surface area contributed by atoms with E-state index in [0.717, 1.165) is 5.56 Å². The maximum absolute atomic E-state index is 13.0. The lowest BCUT2D eigenvalue weighted by molar-refractivity contribution is -0.117. The van der Waals surface area contributed by atoms with Gasteiger partial charge in [0.2, 0.25) is 17.6 Å². The third-order valence-electron chi connectivity index (χ3n) is 3.74. The first-order chi connectivity index (χ1) is 13.0. The molecule has 0 spiro atoms. The zero-order valence-electron chi connectivity index (χ0n) is 14.4. The van der Waals surface area contributed by atoms with Gasteiger partial charge in [-0.2, -0.15) is 10.2 Å². The first-order valence-electron chi connectivity index (χ1n) is 8.13. The number of hydrogen-bond acceptors (Lipinski definition) is 5. The highest BCUT2D eigenvalue weighted by molar-refractivity contribution is 5.91. The molecule has 0 aliphatic heterocycles. The number of hydrogen-bond donors (Lipinski definition) is 1. The fourth-order valence-corrected chi connectivity index (χ4v) is 2.29. The van der Waals surface area contributed by atoms with Gasteiger partial charge in [-0.3, -0.25) is 4.79 Å². The number of nitriles is 1. The van der Waals surface area contributed by atoms with Crippen molar-refractivity contribution >= 4 is 12.0 Å². The summed E-state index contributed by atoms with van der Waals surface area (Å²) in [6.45, 7) is 1.72. The molecular weight excluding hydrogens is 347 g/mol. The van der Waals surface area contributed by atoms with Gasteiger partial charge in [-0.15, -0.1) is 0 Å². The molecule has 1 atom stereocenters. The number of nitrogens with one attached hydrogen (secondary N) is 1. The van der Waals surface area contributed by atoms with Crippen LogP contribution in [0.25, 0.3) is 17.5 Å².